The Bertz CT molecular complexity index is 506. The minimum atomic E-state index is -3.66. The van der Waals surface area contributed by atoms with Gasteiger partial charge in [0.2, 0.25) is 0 Å². The summed E-state index contributed by atoms with van der Waals surface area (Å²) in [7, 11) is -2.10. The number of anilines is 1. The van der Waals surface area contributed by atoms with Crippen LogP contribution in [0.1, 0.15) is 18.9 Å². The Hall–Kier alpha value is -1.61. The fraction of sp³-hybridized carbons (Fsp3) is 0.500. The summed E-state index contributed by atoms with van der Waals surface area (Å²) >= 11 is 0. The highest BCUT2D eigenvalue weighted by atomic mass is 32.2. The molecule has 5 N–H and O–H groups in total. The van der Waals surface area contributed by atoms with Crippen LogP contribution in [0.5, 0.6) is 0 Å². The first-order valence-electron chi connectivity index (χ1n) is 5.01. The molecule has 96 valence electrons. The molecule has 8 nitrogen and oxygen atoms in total. The lowest BCUT2D eigenvalue weighted by Gasteiger charge is -2.10. The van der Waals surface area contributed by atoms with Crippen molar-refractivity contribution in [1.29, 1.82) is 5.41 Å². The molecule has 0 unspecified atom stereocenters. The maximum absolute atomic E-state index is 11.6. The van der Waals surface area contributed by atoms with Gasteiger partial charge in [-0.05, 0) is 6.42 Å². The van der Waals surface area contributed by atoms with E-state index < -0.39 is 10.2 Å². The van der Waals surface area contributed by atoms with Gasteiger partial charge in [-0.25, -0.2) is 0 Å². The van der Waals surface area contributed by atoms with Gasteiger partial charge in [0.1, 0.15) is 11.7 Å². The van der Waals surface area contributed by atoms with E-state index in [1.54, 1.807) is 7.05 Å². The summed E-state index contributed by atoms with van der Waals surface area (Å²) in [6, 6.07) is 0. The number of nitrogens with one attached hydrogen (secondary N) is 3. The average Bonchev–Trinajstić information content (AvgIpc) is 2.57. The van der Waals surface area contributed by atoms with Crippen LogP contribution in [-0.2, 0) is 17.3 Å². The number of nitrogens with zero attached hydrogens (tertiary/aromatic N) is 2. The maximum atomic E-state index is 11.6. The van der Waals surface area contributed by atoms with E-state index in [-0.39, 0.29) is 17.2 Å². The van der Waals surface area contributed by atoms with Crippen molar-refractivity contribution >= 4 is 21.9 Å². The standard InChI is InChI=1S/C8H16N6O2S/c1-3-4-12-17(15,16)13-8-6(7(9)10)5-11-14(8)2/h5,12-13H,3-4H2,1-2H3,(H3,9,10). The molecule has 0 saturated heterocycles. The number of hydrogen-bond donors (Lipinski definition) is 4. The average molecular weight is 260 g/mol. The van der Waals surface area contributed by atoms with Crippen LogP contribution >= 0.6 is 0 Å². The lowest BCUT2D eigenvalue weighted by Crippen LogP contribution is -2.32. The van der Waals surface area contributed by atoms with Crippen molar-refractivity contribution in [2.24, 2.45) is 12.8 Å². The van der Waals surface area contributed by atoms with Crippen molar-refractivity contribution in [3.63, 3.8) is 0 Å². The Morgan fingerprint density at radius 3 is 2.82 bits per heavy atom. The highest BCUT2D eigenvalue weighted by Crippen LogP contribution is 2.14. The molecule has 0 amide bonds. The third-order valence-electron chi connectivity index (χ3n) is 2.00. The van der Waals surface area contributed by atoms with E-state index in [9.17, 15) is 8.42 Å². The number of nitrogen functional groups attached to an aromatic ring is 1. The molecular weight excluding hydrogens is 244 g/mol. The van der Waals surface area contributed by atoms with Crippen LogP contribution in [0.15, 0.2) is 6.20 Å². The van der Waals surface area contributed by atoms with Crippen LogP contribution in [0.4, 0.5) is 5.82 Å². The summed E-state index contributed by atoms with van der Waals surface area (Å²) in [6.45, 7) is 2.19. The summed E-state index contributed by atoms with van der Waals surface area (Å²) in [5.41, 5.74) is 5.57. The van der Waals surface area contributed by atoms with Crippen LogP contribution in [0.3, 0.4) is 0 Å². The smallest absolute Gasteiger partial charge is 0.300 e. The van der Waals surface area contributed by atoms with Gasteiger partial charge in [0.05, 0.1) is 11.8 Å². The van der Waals surface area contributed by atoms with Crippen LogP contribution in [0.25, 0.3) is 0 Å². The molecule has 0 aliphatic heterocycles. The lowest BCUT2D eigenvalue weighted by atomic mass is 10.3. The summed E-state index contributed by atoms with van der Waals surface area (Å²) in [4.78, 5) is 0. The summed E-state index contributed by atoms with van der Waals surface area (Å²) < 4.78 is 29.2. The monoisotopic (exact) mass is 260 g/mol. The molecule has 0 aliphatic rings. The normalized spacial score (nSPS) is 11.4. The van der Waals surface area contributed by atoms with Crippen LogP contribution in [-0.4, -0.2) is 30.6 Å². The second-order valence-corrected chi connectivity index (χ2v) is 4.94. The van der Waals surface area contributed by atoms with Gasteiger partial charge in [0, 0.05) is 13.6 Å². The van der Waals surface area contributed by atoms with Gasteiger partial charge in [-0.2, -0.15) is 18.2 Å². The SMILES string of the molecule is CCCNS(=O)(=O)Nc1c(C(=N)N)cnn1C. The zero-order valence-electron chi connectivity index (χ0n) is 9.69. The second-order valence-electron chi connectivity index (χ2n) is 3.44. The molecule has 0 radical (unpaired) electrons. The molecular formula is C8H16N6O2S. The molecule has 0 bridgehead atoms. The number of rotatable bonds is 6. The Labute approximate surface area is 99.9 Å². The zero-order valence-corrected chi connectivity index (χ0v) is 10.5. The number of hydrogen-bond acceptors (Lipinski definition) is 4. The molecule has 9 heteroatoms. The van der Waals surface area contributed by atoms with Gasteiger partial charge < -0.3 is 5.73 Å². The van der Waals surface area contributed by atoms with E-state index >= 15 is 0 Å². The van der Waals surface area contributed by atoms with Gasteiger partial charge in [0.15, 0.2) is 0 Å². The fourth-order valence-corrected chi connectivity index (χ4v) is 2.20. The van der Waals surface area contributed by atoms with E-state index in [1.165, 1.54) is 10.9 Å². The Morgan fingerprint density at radius 2 is 2.29 bits per heavy atom. The summed E-state index contributed by atoms with van der Waals surface area (Å²) in [5, 5.41) is 11.1. The Morgan fingerprint density at radius 1 is 1.65 bits per heavy atom. The highest BCUT2D eigenvalue weighted by molar-refractivity contribution is 7.90. The topological polar surface area (TPSA) is 126 Å². The fourth-order valence-electron chi connectivity index (χ4n) is 1.16. The van der Waals surface area contributed by atoms with Gasteiger partial charge in [-0.15, -0.1) is 0 Å². The molecule has 0 spiro atoms. The third kappa shape index (κ3) is 3.43. The van der Waals surface area contributed by atoms with E-state index in [2.05, 4.69) is 14.5 Å². The summed E-state index contributed by atoms with van der Waals surface area (Å²) in [5.74, 6) is -0.0765. The molecule has 1 aromatic heterocycles. The molecule has 1 rings (SSSR count). The summed E-state index contributed by atoms with van der Waals surface area (Å²) in [6.07, 6.45) is 2.02. The van der Waals surface area contributed by atoms with Crippen molar-refractivity contribution in [3.8, 4) is 0 Å². The van der Waals surface area contributed by atoms with Crippen molar-refractivity contribution in [1.82, 2.24) is 14.5 Å². The molecule has 0 aromatic carbocycles. The van der Waals surface area contributed by atoms with Crippen molar-refractivity contribution in [2.75, 3.05) is 11.3 Å². The van der Waals surface area contributed by atoms with E-state index in [0.29, 0.717) is 13.0 Å². The molecule has 1 aromatic rings. The number of aromatic nitrogens is 2. The molecule has 1 heterocycles. The van der Waals surface area contributed by atoms with Gasteiger partial charge >= 0.3 is 0 Å². The van der Waals surface area contributed by atoms with E-state index in [1.807, 2.05) is 6.92 Å². The Kier molecular flexibility index (Phi) is 4.07. The lowest BCUT2D eigenvalue weighted by molar-refractivity contribution is 0.585. The van der Waals surface area contributed by atoms with Crippen LogP contribution in [0.2, 0.25) is 0 Å². The predicted octanol–water partition coefficient (Wildman–Crippen LogP) is -0.640. The zero-order chi connectivity index (χ0) is 13.1. The van der Waals surface area contributed by atoms with E-state index in [4.69, 9.17) is 11.1 Å². The predicted molar refractivity (Wildman–Crippen MR) is 65.1 cm³/mol. The molecule has 0 fully saturated rings. The number of amidine groups is 1. The van der Waals surface area contributed by atoms with Crippen molar-refractivity contribution in [2.45, 2.75) is 13.3 Å². The van der Waals surface area contributed by atoms with Crippen molar-refractivity contribution < 1.29 is 8.42 Å². The molecule has 17 heavy (non-hydrogen) atoms. The van der Waals surface area contributed by atoms with Crippen molar-refractivity contribution in [3.05, 3.63) is 11.8 Å². The first-order valence-corrected chi connectivity index (χ1v) is 6.49. The van der Waals surface area contributed by atoms with Crippen LogP contribution < -0.4 is 15.2 Å². The van der Waals surface area contributed by atoms with E-state index in [0.717, 1.165) is 0 Å². The minimum absolute atomic E-state index is 0.168. The van der Waals surface area contributed by atoms with Crippen LogP contribution in [0, 0.1) is 5.41 Å². The number of aryl methyl sites for hydroxylation is 1. The largest absolute Gasteiger partial charge is 0.384 e. The third-order valence-corrected chi connectivity index (χ3v) is 3.05. The minimum Gasteiger partial charge on any atom is -0.384 e. The molecule has 0 saturated carbocycles. The molecule has 0 aliphatic carbocycles. The molecule has 0 atom stereocenters. The first kappa shape index (κ1) is 13.5. The maximum Gasteiger partial charge on any atom is 0.300 e. The quantitative estimate of drug-likeness (QED) is 0.401. The number of nitrogens with two attached hydrogens (primary N) is 1. The Balaban J connectivity index is 2.95. The van der Waals surface area contributed by atoms with Gasteiger partial charge in [-0.1, -0.05) is 6.92 Å². The first-order chi connectivity index (χ1) is 7.87. The second kappa shape index (κ2) is 5.15. The highest BCUT2D eigenvalue weighted by Gasteiger charge is 2.17. The van der Waals surface area contributed by atoms with Gasteiger partial charge in [0.25, 0.3) is 10.2 Å². The van der Waals surface area contributed by atoms with Gasteiger partial charge in [-0.3, -0.25) is 14.8 Å².